The number of aliphatic hydroxyl groups excluding tert-OH is 1. The first-order chi connectivity index (χ1) is 13.9. The van der Waals surface area contributed by atoms with Crippen molar-refractivity contribution in [3.05, 3.63) is 94.5 Å². The van der Waals surface area contributed by atoms with Crippen LogP contribution in [0.2, 0.25) is 0 Å². The van der Waals surface area contributed by atoms with Gasteiger partial charge in [0.15, 0.2) is 0 Å². The summed E-state index contributed by atoms with van der Waals surface area (Å²) in [6, 6.07) is 23.5. The molecule has 0 aliphatic carbocycles. The fourth-order valence-corrected chi connectivity index (χ4v) is 4.12. The first kappa shape index (κ1) is 21.6. The van der Waals surface area contributed by atoms with Crippen LogP contribution in [-0.4, -0.2) is 10.2 Å². The lowest BCUT2D eigenvalue weighted by Gasteiger charge is -2.26. The van der Waals surface area contributed by atoms with E-state index in [1.807, 2.05) is 38.1 Å². The van der Waals surface area contributed by atoms with E-state index in [2.05, 4.69) is 49.4 Å². The summed E-state index contributed by atoms with van der Waals surface area (Å²) in [7, 11) is 0. The maximum atomic E-state index is 10.8. The Kier molecular flexibility index (Phi) is 6.84. The van der Waals surface area contributed by atoms with Crippen LogP contribution in [-0.2, 0) is 12.2 Å². The standard InChI is InChI=1S/C26H29O2S/c1-4-26(28,5-2)23-12-13-24(18(3)14-23)20-9-7-11-22(16-20)25(29)21-10-6-8-19(15-21)17-27/h6-7,9-16,25,27-29H,4-5,17H2,1-3H3. The Bertz CT molecular complexity index is 976. The molecule has 2 nitrogen and oxygen atoms in total. The molecule has 0 saturated carbocycles. The first-order valence-electron chi connectivity index (χ1n) is 10.1. The van der Waals surface area contributed by atoms with Crippen molar-refractivity contribution in [3.8, 4) is 11.1 Å². The number of hydrogen-bond acceptors (Lipinski definition) is 3. The average molecular weight is 406 g/mol. The monoisotopic (exact) mass is 405 g/mol. The third-order valence-corrected chi connectivity index (χ3v) is 6.41. The van der Waals surface area contributed by atoms with Crippen molar-refractivity contribution in [3.63, 3.8) is 0 Å². The van der Waals surface area contributed by atoms with Gasteiger partial charge in [0.25, 0.3) is 0 Å². The van der Waals surface area contributed by atoms with E-state index >= 15 is 0 Å². The molecule has 0 aliphatic rings. The van der Waals surface area contributed by atoms with Crippen LogP contribution in [0.25, 0.3) is 11.1 Å². The highest BCUT2D eigenvalue weighted by atomic mass is 32.1. The Labute approximate surface area is 179 Å². The van der Waals surface area contributed by atoms with Crippen LogP contribution in [0, 0.1) is 13.0 Å². The molecule has 0 fully saturated rings. The van der Waals surface area contributed by atoms with Crippen molar-refractivity contribution >= 4 is 12.6 Å². The lowest BCUT2D eigenvalue weighted by Crippen LogP contribution is -2.23. The molecule has 0 bridgehead atoms. The minimum atomic E-state index is -0.768. The Morgan fingerprint density at radius 2 is 1.72 bits per heavy atom. The highest BCUT2D eigenvalue weighted by Gasteiger charge is 2.25. The molecule has 0 aromatic heterocycles. The summed E-state index contributed by atoms with van der Waals surface area (Å²) in [5.41, 5.74) is 6.55. The second-order valence-corrected chi connectivity index (χ2v) is 8.12. The average Bonchev–Trinajstić information content (AvgIpc) is 2.78. The van der Waals surface area contributed by atoms with Crippen LogP contribution < -0.4 is 0 Å². The first-order valence-corrected chi connectivity index (χ1v) is 10.7. The SMILES string of the molecule is CCC(O)(CC)c1ccc(-c2cccc(C(S)c3cc[c]c(CO)c3)c2)c(C)c1. The smallest absolute Gasteiger partial charge is 0.0891 e. The quantitative estimate of drug-likeness (QED) is 0.423. The maximum absolute atomic E-state index is 10.8. The number of aryl methyl sites for hydroxylation is 1. The van der Waals surface area contributed by atoms with Gasteiger partial charge < -0.3 is 10.2 Å². The van der Waals surface area contributed by atoms with Crippen LogP contribution in [0.15, 0.2) is 60.7 Å². The number of rotatable bonds is 7. The fourth-order valence-electron chi connectivity index (χ4n) is 3.80. The zero-order chi connectivity index (χ0) is 21.0. The van der Waals surface area contributed by atoms with Crippen LogP contribution in [0.1, 0.15) is 59.8 Å². The van der Waals surface area contributed by atoms with Crippen molar-refractivity contribution in [2.24, 2.45) is 0 Å². The minimum Gasteiger partial charge on any atom is -0.392 e. The molecule has 3 heteroatoms. The Morgan fingerprint density at radius 3 is 2.38 bits per heavy atom. The molecule has 2 N–H and O–H groups in total. The zero-order valence-corrected chi connectivity index (χ0v) is 18.2. The van der Waals surface area contributed by atoms with Crippen LogP contribution in [0.3, 0.4) is 0 Å². The molecule has 151 valence electrons. The molecule has 3 aromatic carbocycles. The molecule has 1 radical (unpaired) electrons. The van der Waals surface area contributed by atoms with Crippen LogP contribution >= 0.6 is 12.6 Å². The van der Waals surface area contributed by atoms with Gasteiger partial charge in [0.2, 0.25) is 0 Å². The van der Waals surface area contributed by atoms with E-state index in [1.54, 1.807) is 0 Å². The lowest BCUT2D eigenvalue weighted by molar-refractivity contribution is 0.0283. The fraction of sp³-hybridized carbons (Fsp3) is 0.308. The second kappa shape index (κ2) is 9.17. The van der Waals surface area contributed by atoms with E-state index < -0.39 is 5.60 Å². The van der Waals surface area contributed by atoms with Crippen molar-refractivity contribution in [2.75, 3.05) is 0 Å². The van der Waals surface area contributed by atoms with Crippen molar-refractivity contribution in [2.45, 2.75) is 51.1 Å². The van der Waals surface area contributed by atoms with E-state index in [9.17, 15) is 10.2 Å². The van der Waals surface area contributed by atoms with E-state index in [1.165, 1.54) is 0 Å². The minimum absolute atomic E-state index is 0.0260. The zero-order valence-electron chi connectivity index (χ0n) is 17.3. The van der Waals surface area contributed by atoms with Gasteiger partial charge in [-0.05, 0) is 70.8 Å². The topological polar surface area (TPSA) is 40.5 Å². The molecule has 3 rings (SSSR count). The molecule has 1 atom stereocenters. The summed E-state index contributed by atoms with van der Waals surface area (Å²) in [5.74, 6) is 0. The molecule has 0 amide bonds. The summed E-state index contributed by atoms with van der Waals surface area (Å²) in [6.07, 6.45) is 1.40. The van der Waals surface area contributed by atoms with E-state index in [4.69, 9.17) is 12.6 Å². The molecule has 29 heavy (non-hydrogen) atoms. The normalized spacial score (nSPS) is 12.8. The summed E-state index contributed by atoms with van der Waals surface area (Å²) in [5, 5.41) is 20.1. The lowest BCUT2D eigenvalue weighted by atomic mass is 9.86. The molecule has 0 saturated heterocycles. The second-order valence-electron chi connectivity index (χ2n) is 7.60. The highest BCUT2D eigenvalue weighted by molar-refractivity contribution is 7.80. The van der Waals surface area contributed by atoms with Gasteiger partial charge in [0, 0.05) is 0 Å². The molecule has 0 heterocycles. The Morgan fingerprint density at radius 1 is 1.00 bits per heavy atom. The van der Waals surface area contributed by atoms with Gasteiger partial charge in [-0.3, -0.25) is 0 Å². The Balaban J connectivity index is 1.95. The maximum Gasteiger partial charge on any atom is 0.0891 e. The number of hydrogen-bond donors (Lipinski definition) is 3. The summed E-state index contributed by atoms with van der Waals surface area (Å²) >= 11 is 4.83. The number of aliphatic hydroxyl groups is 2. The molecular formula is C26H29O2S. The van der Waals surface area contributed by atoms with Gasteiger partial charge in [-0.2, -0.15) is 12.6 Å². The summed E-state index contributed by atoms with van der Waals surface area (Å²) < 4.78 is 0. The van der Waals surface area contributed by atoms with E-state index in [-0.39, 0.29) is 11.9 Å². The number of benzene rings is 3. The van der Waals surface area contributed by atoms with Crippen LogP contribution in [0.4, 0.5) is 0 Å². The molecule has 0 spiro atoms. The molecular weight excluding hydrogens is 376 g/mol. The van der Waals surface area contributed by atoms with E-state index in [0.29, 0.717) is 12.8 Å². The molecule has 0 aliphatic heterocycles. The van der Waals surface area contributed by atoms with Gasteiger partial charge in [0.1, 0.15) is 0 Å². The molecule has 1 unspecified atom stereocenters. The van der Waals surface area contributed by atoms with Crippen molar-refractivity contribution in [1.29, 1.82) is 0 Å². The predicted molar refractivity (Wildman–Crippen MR) is 123 cm³/mol. The summed E-state index contributed by atoms with van der Waals surface area (Å²) in [6.45, 7) is 6.11. The van der Waals surface area contributed by atoms with Gasteiger partial charge in [-0.15, -0.1) is 0 Å². The van der Waals surface area contributed by atoms with Gasteiger partial charge >= 0.3 is 0 Å². The van der Waals surface area contributed by atoms with Crippen LogP contribution in [0.5, 0.6) is 0 Å². The van der Waals surface area contributed by atoms with E-state index in [0.717, 1.165) is 38.9 Å². The van der Waals surface area contributed by atoms with Gasteiger partial charge in [-0.1, -0.05) is 68.4 Å². The largest absolute Gasteiger partial charge is 0.392 e. The van der Waals surface area contributed by atoms with Gasteiger partial charge in [0.05, 0.1) is 17.5 Å². The number of thiol groups is 1. The van der Waals surface area contributed by atoms with Crippen molar-refractivity contribution < 1.29 is 10.2 Å². The third-order valence-electron chi connectivity index (χ3n) is 5.82. The van der Waals surface area contributed by atoms with Gasteiger partial charge in [-0.25, -0.2) is 0 Å². The summed E-state index contributed by atoms with van der Waals surface area (Å²) in [4.78, 5) is 0. The Hall–Kier alpha value is -2.07. The predicted octanol–water partition coefficient (Wildman–Crippen LogP) is 5.98. The third kappa shape index (κ3) is 4.58. The highest BCUT2D eigenvalue weighted by Crippen LogP contribution is 2.35. The van der Waals surface area contributed by atoms with Crippen molar-refractivity contribution in [1.82, 2.24) is 0 Å². The molecule has 3 aromatic rings.